The maximum absolute atomic E-state index is 14.8. The minimum atomic E-state index is -4.30. The number of ether oxygens (including phenoxy) is 2. The van der Waals surface area contributed by atoms with Crippen LogP contribution in [0.3, 0.4) is 0 Å². The number of hydrogen-bond acceptors (Lipinski definition) is 18. The van der Waals surface area contributed by atoms with E-state index in [1.807, 2.05) is 38.4 Å². The molecule has 4 aromatic heterocycles. The molecule has 6 rings (SSSR count). The zero-order valence-corrected chi connectivity index (χ0v) is 40.4. The van der Waals surface area contributed by atoms with Crippen molar-refractivity contribution in [2.75, 3.05) is 37.1 Å². The van der Waals surface area contributed by atoms with Gasteiger partial charge in [-0.05, 0) is 40.5 Å². The predicted octanol–water partition coefficient (Wildman–Crippen LogP) is 4.71. The number of aromatic nitrogens is 8. The second-order valence-electron chi connectivity index (χ2n) is 17.0. The molecule has 0 aliphatic carbocycles. The van der Waals surface area contributed by atoms with E-state index in [0.717, 1.165) is 0 Å². The molecule has 2 aliphatic heterocycles. The number of imidazole rings is 2. The molecule has 2 aliphatic rings. The Morgan fingerprint density at radius 1 is 0.821 bits per heavy atom. The van der Waals surface area contributed by atoms with Gasteiger partial charge in [-0.2, -0.15) is 20.5 Å². The van der Waals surface area contributed by atoms with Crippen molar-refractivity contribution in [3.63, 3.8) is 0 Å². The van der Waals surface area contributed by atoms with E-state index in [1.165, 1.54) is 17.2 Å². The molecule has 7 atom stereocenters. The van der Waals surface area contributed by atoms with Gasteiger partial charge >= 0.3 is 7.75 Å². The number of nitriles is 2. The van der Waals surface area contributed by atoms with Crippen molar-refractivity contribution in [2.24, 2.45) is 11.8 Å². The lowest BCUT2D eigenvalue weighted by molar-refractivity contribution is -0.119. The Labute approximate surface area is 387 Å². The first-order valence-electron chi connectivity index (χ1n) is 22.0. The Balaban J connectivity index is 1.25. The number of carbonyl (C=O) groups is 2. The fourth-order valence-electron chi connectivity index (χ4n) is 7.28. The summed E-state index contributed by atoms with van der Waals surface area (Å²) in [5, 5.41) is 26.9. The summed E-state index contributed by atoms with van der Waals surface area (Å²) in [5.41, 5.74) is -0.799. The lowest BCUT2D eigenvalue weighted by Crippen LogP contribution is -2.39. The SMILES string of the molecule is CC(C)C(=O)Nc1nc2c(ncn2[C@H]2CC[C@@H](COP(=O)(NC3C[C@H](n4cnc5c(=O)[nH]c(NC(=O)C(C)C)nc54)O[C@@H]3COP(OCCC#N)N(C(C)C)C(C)C)OCCC#N)O2)c(=O)[nH]1. The predicted molar refractivity (Wildman–Crippen MR) is 243 cm³/mol. The van der Waals surface area contributed by atoms with Crippen molar-refractivity contribution in [1.29, 1.82) is 10.5 Å². The third-order valence-electron chi connectivity index (χ3n) is 10.6. The number of nitrogens with one attached hydrogen (secondary N) is 5. The van der Waals surface area contributed by atoms with Crippen molar-refractivity contribution in [1.82, 2.24) is 48.8 Å². The lowest BCUT2D eigenvalue weighted by Gasteiger charge is -2.36. The summed E-state index contributed by atoms with van der Waals surface area (Å²) >= 11 is 0. The molecule has 2 saturated heterocycles. The highest BCUT2D eigenvalue weighted by Gasteiger charge is 2.44. The van der Waals surface area contributed by atoms with Crippen LogP contribution in [0.25, 0.3) is 22.3 Å². The third kappa shape index (κ3) is 12.7. The average molecular weight is 973 g/mol. The zero-order chi connectivity index (χ0) is 48.6. The molecule has 25 nitrogen and oxygen atoms in total. The summed E-state index contributed by atoms with van der Waals surface area (Å²) in [6, 6.07) is 3.22. The molecule has 3 unspecified atom stereocenters. The third-order valence-corrected chi connectivity index (χ3v) is 14.3. The zero-order valence-electron chi connectivity index (χ0n) is 38.6. The van der Waals surface area contributed by atoms with Crippen molar-refractivity contribution < 1.29 is 41.7 Å². The van der Waals surface area contributed by atoms with E-state index in [9.17, 15) is 34.3 Å². The van der Waals surface area contributed by atoms with E-state index in [4.69, 9.17) is 27.6 Å². The van der Waals surface area contributed by atoms with Gasteiger partial charge in [0.2, 0.25) is 23.7 Å². The molecule has 2 amide bonds. The van der Waals surface area contributed by atoms with Gasteiger partial charge < -0.3 is 18.5 Å². The number of nitrogens with zero attached hydrogens (tertiary/aromatic N) is 9. The first kappa shape index (κ1) is 51.4. The molecule has 0 bridgehead atoms. The second kappa shape index (κ2) is 22.8. The van der Waals surface area contributed by atoms with Crippen LogP contribution in [0.15, 0.2) is 22.2 Å². The number of hydrogen-bond donors (Lipinski definition) is 5. The molecule has 4 aromatic rings. The van der Waals surface area contributed by atoms with Gasteiger partial charge in [0.15, 0.2) is 22.3 Å². The van der Waals surface area contributed by atoms with E-state index in [-0.39, 0.29) is 110 Å². The lowest BCUT2D eigenvalue weighted by atomic mass is 10.1. The molecular weight excluding hydrogens is 914 g/mol. The van der Waals surface area contributed by atoms with E-state index < -0.39 is 64.0 Å². The van der Waals surface area contributed by atoms with Gasteiger partial charge in [0.1, 0.15) is 12.5 Å². The number of fused-ring (bicyclic) bond motifs is 2. The number of rotatable bonds is 23. The number of anilines is 2. The fraction of sp³-hybridized carbons (Fsp3) is 0.650. The van der Waals surface area contributed by atoms with E-state index in [0.29, 0.717) is 12.8 Å². The van der Waals surface area contributed by atoms with Gasteiger partial charge in [-0.25, -0.2) is 24.3 Å². The number of aromatic amines is 2. The topological polar surface area (TPSA) is 321 Å². The quantitative estimate of drug-likeness (QED) is 0.0496. The van der Waals surface area contributed by atoms with Crippen LogP contribution in [0.1, 0.15) is 99.9 Å². The van der Waals surface area contributed by atoms with Gasteiger partial charge in [-0.15, -0.1) is 0 Å². The van der Waals surface area contributed by atoms with Crippen LogP contribution in [0, 0.1) is 34.5 Å². The van der Waals surface area contributed by atoms with Gasteiger partial charge in [-0.1, -0.05) is 27.7 Å². The highest BCUT2D eigenvalue weighted by atomic mass is 31.2. The molecular formula is C40H58N14O11P2. The minimum Gasteiger partial charge on any atom is -0.352 e. The molecule has 27 heteroatoms. The van der Waals surface area contributed by atoms with E-state index in [1.54, 1.807) is 32.3 Å². The normalized spacial score (nSPS) is 21.1. The Bertz CT molecular complexity index is 2610. The molecule has 6 heterocycles. The minimum absolute atomic E-state index is 0.00734. The van der Waals surface area contributed by atoms with E-state index in [2.05, 4.69) is 51.7 Å². The van der Waals surface area contributed by atoms with Crippen LogP contribution in [-0.2, 0) is 41.7 Å². The maximum Gasteiger partial charge on any atom is 0.405 e. The van der Waals surface area contributed by atoms with Crippen LogP contribution in [0.4, 0.5) is 11.9 Å². The average Bonchev–Trinajstić information content (AvgIpc) is 4.08. The summed E-state index contributed by atoms with van der Waals surface area (Å²) in [5.74, 6) is -1.58. The molecule has 5 N–H and O–H groups in total. The maximum atomic E-state index is 14.8. The molecule has 67 heavy (non-hydrogen) atoms. The second-order valence-corrected chi connectivity index (χ2v) is 20.3. The first-order chi connectivity index (χ1) is 31.9. The van der Waals surface area contributed by atoms with E-state index >= 15 is 0 Å². The molecule has 364 valence electrons. The first-order valence-corrected chi connectivity index (χ1v) is 24.7. The monoisotopic (exact) mass is 972 g/mol. The highest BCUT2D eigenvalue weighted by Crippen LogP contribution is 2.50. The highest BCUT2D eigenvalue weighted by molar-refractivity contribution is 7.51. The van der Waals surface area contributed by atoms with Gasteiger partial charge in [-0.3, -0.25) is 58.0 Å². The number of H-pyrrole nitrogens is 2. The summed E-state index contributed by atoms with van der Waals surface area (Å²) < 4.78 is 57.4. The van der Waals surface area contributed by atoms with Crippen molar-refractivity contribution >= 4 is 62.3 Å². The summed E-state index contributed by atoms with van der Waals surface area (Å²) in [7, 11) is -6.04. The summed E-state index contributed by atoms with van der Waals surface area (Å²) in [6.45, 7) is 14.3. The van der Waals surface area contributed by atoms with Crippen LogP contribution >= 0.6 is 16.3 Å². The molecule has 0 saturated carbocycles. The standard InChI is InChI=1S/C40H58N14O11P2/c1-22(2)35(55)47-39-45-33-31(37(57)49-39)43-20-52(33)29-12-11-26(64-29)18-63-67(59,62-16-10-14-42)51-27-17-30(53-21-44-32-34(53)46-40(50-38(32)58)48-36(56)23(3)4)65-28(27)19-61-66(60-15-9-13-41)54(24(5)6)25(7)8/h20-30H,9-12,15-19H2,1-8H3,(H,51,59)(H2,45,47,49,55,57)(H2,46,48,50,56,58)/t26-,27?,28+,29+,30+,66?,67?/m0/s1. The van der Waals surface area contributed by atoms with Crippen molar-refractivity contribution in [2.45, 2.75) is 130 Å². The Morgan fingerprint density at radius 3 is 1.91 bits per heavy atom. The molecule has 0 radical (unpaired) electrons. The Hall–Kier alpha value is -5.04. The van der Waals surface area contributed by atoms with Gasteiger partial charge in [0, 0.05) is 30.3 Å². The Morgan fingerprint density at radius 2 is 1.37 bits per heavy atom. The van der Waals surface area contributed by atoms with Gasteiger partial charge in [0.05, 0.1) is 82.3 Å². The molecule has 0 aromatic carbocycles. The van der Waals surface area contributed by atoms with Gasteiger partial charge in [0.25, 0.3) is 19.6 Å². The van der Waals surface area contributed by atoms with Crippen LogP contribution < -0.4 is 26.8 Å². The molecule has 2 fully saturated rings. The van der Waals surface area contributed by atoms with Crippen molar-refractivity contribution in [3.05, 3.63) is 33.4 Å². The largest absolute Gasteiger partial charge is 0.405 e. The van der Waals surface area contributed by atoms with Crippen LogP contribution in [-0.4, -0.2) is 112 Å². The van der Waals surface area contributed by atoms with Crippen molar-refractivity contribution in [3.8, 4) is 12.1 Å². The summed E-state index contributed by atoms with van der Waals surface area (Å²) in [6.07, 6.45) is 0.774. The van der Waals surface area contributed by atoms with Crippen LogP contribution in [0.5, 0.6) is 0 Å². The van der Waals surface area contributed by atoms with Crippen LogP contribution in [0.2, 0.25) is 0 Å². The molecule has 0 spiro atoms. The smallest absolute Gasteiger partial charge is 0.352 e. The Kier molecular flexibility index (Phi) is 17.5. The fourth-order valence-corrected chi connectivity index (χ4v) is 10.5. The number of amides is 2. The summed E-state index contributed by atoms with van der Waals surface area (Å²) in [4.78, 5) is 73.4. The number of carbonyl (C=O) groups excluding carboxylic acids is 2.